The summed E-state index contributed by atoms with van der Waals surface area (Å²) in [7, 11) is 1.78. The molecule has 1 aliphatic heterocycles. The highest BCUT2D eigenvalue weighted by atomic mass is 19.1. The molecule has 0 radical (unpaired) electrons. The number of aryl methyl sites for hydroxylation is 1. The summed E-state index contributed by atoms with van der Waals surface area (Å²) in [6, 6.07) is 6.26. The Morgan fingerprint density at radius 2 is 1.78 bits per heavy atom. The van der Waals surface area contributed by atoms with Gasteiger partial charge in [0.05, 0.1) is 11.1 Å². The highest BCUT2D eigenvalue weighted by Crippen LogP contribution is 2.32. The van der Waals surface area contributed by atoms with Gasteiger partial charge in [0.15, 0.2) is 5.65 Å². The van der Waals surface area contributed by atoms with E-state index in [9.17, 15) is 4.39 Å². The van der Waals surface area contributed by atoms with Gasteiger partial charge in [-0.25, -0.2) is 9.37 Å². The topological polar surface area (TPSA) is 72.9 Å². The van der Waals surface area contributed by atoms with Gasteiger partial charge in [-0.05, 0) is 37.1 Å². The minimum Gasteiger partial charge on any atom is -0.383 e. The van der Waals surface area contributed by atoms with Crippen LogP contribution in [0.2, 0.25) is 0 Å². The third-order valence-electron chi connectivity index (χ3n) is 4.23. The molecule has 0 amide bonds. The van der Waals surface area contributed by atoms with E-state index in [4.69, 9.17) is 10.7 Å². The zero-order chi connectivity index (χ0) is 16.0. The molecule has 0 spiro atoms. The lowest BCUT2D eigenvalue weighted by Gasteiger charge is -2.16. The van der Waals surface area contributed by atoms with Crippen molar-refractivity contribution in [2.45, 2.75) is 12.8 Å². The second-order valence-corrected chi connectivity index (χ2v) is 5.78. The number of nitrogens with zero attached hydrogens (tertiary/aromatic N) is 5. The fourth-order valence-electron chi connectivity index (χ4n) is 2.98. The number of fused-ring (bicyclic) bond motifs is 1. The monoisotopic (exact) mass is 312 g/mol. The Bertz CT molecular complexity index is 864. The van der Waals surface area contributed by atoms with E-state index in [0.717, 1.165) is 31.5 Å². The highest BCUT2D eigenvalue weighted by Gasteiger charge is 2.21. The summed E-state index contributed by atoms with van der Waals surface area (Å²) < 4.78 is 14.8. The standard InChI is InChI=1S/C16H17FN6/c1-22-14(18)12-13(10-4-6-11(17)7-5-10)19-16(20-15(12)21-22)23-8-2-3-9-23/h4-7H,2-3,8-9,18H2,1H3. The summed E-state index contributed by atoms with van der Waals surface area (Å²) in [5, 5.41) is 5.10. The lowest BCUT2D eigenvalue weighted by Crippen LogP contribution is -2.20. The zero-order valence-corrected chi connectivity index (χ0v) is 12.8. The molecule has 6 nitrogen and oxygen atoms in total. The first-order chi connectivity index (χ1) is 11.1. The molecule has 0 saturated carbocycles. The molecule has 0 aliphatic carbocycles. The molecule has 2 aromatic heterocycles. The average molecular weight is 312 g/mol. The van der Waals surface area contributed by atoms with E-state index in [-0.39, 0.29) is 5.82 Å². The molecule has 23 heavy (non-hydrogen) atoms. The maximum absolute atomic E-state index is 13.2. The third kappa shape index (κ3) is 2.28. The van der Waals surface area contributed by atoms with Crippen molar-refractivity contribution in [1.29, 1.82) is 0 Å². The summed E-state index contributed by atoms with van der Waals surface area (Å²) in [5.41, 5.74) is 8.21. The van der Waals surface area contributed by atoms with Crippen LogP contribution in [0.15, 0.2) is 24.3 Å². The van der Waals surface area contributed by atoms with Gasteiger partial charge in [0, 0.05) is 25.7 Å². The van der Waals surface area contributed by atoms with Crippen LogP contribution in [0.3, 0.4) is 0 Å². The Labute approximate surface area is 132 Å². The van der Waals surface area contributed by atoms with Crippen LogP contribution < -0.4 is 10.6 Å². The van der Waals surface area contributed by atoms with Gasteiger partial charge in [-0.2, -0.15) is 10.1 Å². The number of rotatable bonds is 2. The van der Waals surface area contributed by atoms with Crippen LogP contribution in [0.25, 0.3) is 22.3 Å². The SMILES string of the molecule is Cn1nc2nc(N3CCCC3)nc(-c3ccc(F)cc3)c2c1N. The van der Waals surface area contributed by atoms with Crippen molar-refractivity contribution in [1.82, 2.24) is 19.7 Å². The summed E-state index contributed by atoms with van der Waals surface area (Å²) in [4.78, 5) is 11.4. The van der Waals surface area contributed by atoms with Crippen molar-refractivity contribution in [2.75, 3.05) is 23.7 Å². The molecule has 1 aromatic carbocycles. The van der Waals surface area contributed by atoms with Crippen LogP contribution in [0.1, 0.15) is 12.8 Å². The van der Waals surface area contributed by atoms with E-state index >= 15 is 0 Å². The zero-order valence-electron chi connectivity index (χ0n) is 12.8. The summed E-state index contributed by atoms with van der Waals surface area (Å²) >= 11 is 0. The van der Waals surface area contributed by atoms with E-state index in [1.807, 2.05) is 0 Å². The molecule has 7 heteroatoms. The summed E-state index contributed by atoms with van der Waals surface area (Å²) in [5.74, 6) is 0.887. The molecule has 1 aliphatic rings. The number of nitrogens with two attached hydrogens (primary N) is 1. The Balaban J connectivity index is 1.96. The number of nitrogen functional groups attached to an aromatic ring is 1. The number of hydrogen-bond acceptors (Lipinski definition) is 5. The van der Waals surface area contributed by atoms with Gasteiger partial charge < -0.3 is 10.6 Å². The maximum atomic E-state index is 13.2. The summed E-state index contributed by atoms with van der Waals surface area (Å²) in [6.07, 6.45) is 2.27. The number of halogens is 1. The van der Waals surface area contributed by atoms with E-state index < -0.39 is 0 Å². The molecular formula is C16H17FN6. The first-order valence-corrected chi connectivity index (χ1v) is 7.64. The molecule has 2 N–H and O–H groups in total. The van der Waals surface area contributed by atoms with Crippen molar-refractivity contribution in [3.8, 4) is 11.3 Å². The van der Waals surface area contributed by atoms with Gasteiger partial charge in [0.25, 0.3) is 0 Å². The predicted molar refractivity (Wildman–Crippen MR) is 87.6 cm³/mol. The number of anilines is 2. The lowest BCUT2D eigenvalue weighted by molar-refractivity contribution is 0.628. The van der Waals surface area contributed by atoms with Gasteiger partial charge in [-0.3, -0.25) is 4.68 Å². The van der Waals surface area contributed by atoms with E-state index in [2.05, 4.69) is 15.0 Å². The normalized spacial score (nSPS) is 14.8. The quantitative estimate of drug-likeness (QED) is 0.786. The smallest absolute Gasteiger partial charge is 0.228 e. The first-order valence-electron chi connectivity index (χ1n) is 7.64. The summed E-state index contributed by atoms with van der Waals surface area (Å²) in [6.45, 7) is 1.88. The number of aromatic nitrogens is 4. The van der Waals surface area contributed by atoms with Crippen LogP contribution in [-0.2, 0) is 7.05 Å². The largest absolute Gasteiger partial charge is 0.383 e. The lowest BCUT2D eigenvalue weighted by atomic mass is 10.1. The molecule has 1 saturated heterocycles. The van der Waals surface area contributed by atoms with Gasteiger partial charge >= 0.3 is 0 Å². The van der Waals surface area contributed by atoms with Gasteiger partial charge in [0.2, 0.25) is 5.95 Å². The average Bonchev–Trinajstić information content (AvgIpc) is 3.17. The molecule has 1 fully saturated rings. The van der Waals surface area contributed by atoms with Crippen molar-refractivity contribution < 1.29 is 4.39 Å². The molecule has 3 aromatic rings. The minimum absolute atomic E-state index is 0.280. The Morgan fingerprint density at radius 3 is 2.48 bits per heavy atom. The van der Waals surface area contributed by atoms with E-state index in [1.54, 1.807) is 23.9 Å². The molecule has 0 unspecified atom stereocenters. The molecule has 0 bridgehead atoms. The van der Waals surface area contributed by atoms with Crippen molar-refractivity contribution in [2.24, 2.45) is 7.05 Å². The van der Waals surface area contributed by atoms with Crippen molar-refractivity contribution in [3.63, 3.8) is 0 Å². The highest BCUT2D eigenvalue weighted by molar-refractivity contribution is 5.98. The van der Waals surface area contributed by atoms with E-state index in [0.29, 0.717) is 28.5 Å². The Kier molecular flexibility index (Phi) is 3.14. The predicted octanol–water partition coefficient (Wildman–Crippen LogP) is 2.35. The van der Waals surface area contributed by atoms with E-state index in [1.165, 1.54) is 12.1 Å². The second-order valence-electron chi connectivity index (χ2n) is 5.78. The molecule has 4 rings (SSSR count). The van der Waals surface area contributed by atoms with Crippen molar-refractivity contribution in [3.05, 3.63) is 30.1 Å². The Morgan fingerprint density at radius 1 is 1.09 bits per heavy atom. The van der Waals surface area contributed by atoms with Gasteiger partial charge in [-0.1, -0.05) is 0 Å². The molecule has 118 valence electrons. The fraction of sp³-hybridized carbons (Fsp3) is 0.312. The third-order valence-corrected chi connectivity index (χ3v) is 4.23. The van der Waals surface area contributed by atoms with Crippen LogP contribution >= 0.6 is 0 Å². The second kappa shape index (κ2) is 5.19. The van der Waals surface area contributed by atoms with Gasteiger partial charge in [0.1, 0.15) is 11.6 Å². The fourth-order valence-corrected chi connectivity index (χ4v) is 2.98. The number of benzene rings is 1. The van der Waals surface area contributed by atoms with Crippen LogP contribution in [-0.4, -0.2) is 32.8 Å². The molecular weight excluding hydrogens is 295 g/mol. The number of hydrogen-bond donors (Lipinski definition) is 1. The Hall–Kier alpha value is -2.70. The van der Waals surface area contributed by atoms with Crippen LogP contribution in [0, 0.1) is 5.82 Å². The van der Waals surface area contributed by atoms with Gasteiger partial charge in [-0.15, -0.1) is 0 Å². The minimum atomic E-state index is -0.280. The maximum Gasteiger partial charge on any atom is 0.228 e. The first kappa shape index (κ1) is 13.9. The molecule has 3 heterocycles. The van der Waals surface area contributed by atoms with Crippen LogP contribution in [0.5, 0.6) is 0 Å². The van der Waals surface area contributed by atoms with Crippen molar-refractivity contribution >= 4 is 22.8 Å². The molecule has 0 atom stereocenters. The van der Waals surface area contributed by atoms with Crippen LogP contribution in [0.4, 0.5) is 16.2 Å².